The maximum Gasteiger partial charge on any atom is 0.266 e. The lowest BCUT2D eigenvalue weighted by atomic mass is 10.1. The topological polar surface area (TPSA) is 62.1 Å². The third-order valence-corrected chi connectivity index (χ3v) is 3.61. The fourth-order valence-corrected chi connectivity index (χ4v) is 2.43. The molecule has 0 aliphatic carbocycles. The quantitative estimate of drug-likeness (QED) is 0.570. The van der Waals surface area contributed by atoms with Crippen molar-refractivity contribution in [1.29, 1.82) is 5.26 Å². The van der Waals surface area contributed by atoms with E-state index in [1.807, 2.05) is 19.9 Å². The van der Waals surface area contributed by atoms with Gasteiger partial charge in [0.15, 0.2) is 0 Å². The highest BCUT2D eigenvalue weighted by molar-refractivity contribution is 9.10. The highest BCUT2D eigenvalue weighted by Crippen LogP contribution is 2.27. The molecule has 6 heteroatoms. The van der Waals surface area contributed by atoms with Gasteiger partial charge in [0.05, 0.1) is 11.8 Å². The van der Waals surface area contributed by atoms with Gasteiger partial charge in [-0.2, -0.15) is 5.26 Å². The minimum atomic E-state index is -0.692. The molecule has 0 atom stereocenters. The van der Waals surface area contributed by atoms with Crippen LogP contribution in [0.4, 0.5) is 10.1 Å². The van der Waals surface area contributed by atoms with Crippen LogP contribution in [0.2, 0.25) is 0 Å². The molecule has 0 aliphatic heterocycles. The summed E-state index contributed by atoms with van der Waals surface area (Å²) >= 11 is 3.36. The van der Waals surface area contributed by atoms with E-state index in [2.05, 4.69) is 21.2 Å². The molecule has 0 heterocycles. The zero-order chi connectivity index (χ0) is 18.4. The summed E-state index contributed by atoms with van der Waals surface area (Å²) in [5.41, 5.74) is 0.430. The zero-order valence-electron chi connectivity index (χ0n) is 13.7. The first-order chi connectivity index (χ1) is 11.9. The Morgan fingerprint density at radius 2 is 2.04 bits per heavy atom. The van der Waals surface area contributed by atoms with Gasteiger partial charge in [-0.3, -0.25) is 4.79 Å². The summed E-state index contributed by atoms with van der Waals surface area (Å²) in [5.74, 6) is -0.716. The Kier molecular flexibility index (Phi) is 6.31. The molecule has 2 aromatic rings. The van der Waals surface area contributed by atoms with Crippen molar-refractivity contribution in [2.45, 2.75) is 20.0 Å². The summed E-state index contributed by atoms with van der Waals surface area (Å²) in [4.78, 5) is 12.3. The number of halogens is 2. The van der Waals surface area contributed by atoms with E-state index in [0.717, 1.165) is 4.47 Å². The van der Waals surface area contributed by atoms with E-state index >= 15 is 0 Å². The molecule has 1 N–H and O–H groups in total. The van der Waals surface area contributed by atoms with Crippen LogP contribution < -0.4 is 10.1 Å². The average Bonchev–Trinajstić information content (AvgIpc) is 2.56. The fraction of sp³-hybridized carbons (Fsp3) is 0.158. The molecule has 0 aromatic heterocycles. The van der Waals surface area contributed by atoms with E-state index in [4.69, 9.17) is 4.74 Å². The Morgan fingerprint density at radius 1 is 1.32 bits per heavy atom. The summed E-state index contributed by atoms with van der Waals surface area (Å²) in [6, 6.07) is 12.9. The highest BCUT2D eigenvalue weighted by atomic mass is 79.9. The normalized spacial score (nSPS) is 11.1. The number of amides is 1. The van der Waals surface area contributed by atoms with Crippen LogP contribution in [0, 0.1) is 17.1 Å². The Morgan fingerprint density at radius 3 is 2.68 bits per heavy atom. The van der Waals surface area contributed by atoms with Crippen molar-refractivity contribution in [2.75, 3.05) is 5.32 Å². The van der Waals surface area contributed by atoms with Crippen molar-refractivity contribution in [3.8, 4) is 11.8 Å². The van der Waals surface area contributed by atoms with Crippen molar-refractivity contribution in [3.05, 3.63) is 63.9 Å². The van der Waals surface area contributed by atoms with Crippen LogP contribution in [0.15, 0.2) is 52.5 Å². The predicted molar refractivity (Wildman–Crippen MR) is 98.5 cm³/mol. The average molecular weight is 403 g/mol. The van der Waals surface area contributed by atoms with Gasteiger partial charge in [-0.15, -0.1) is 0 Å². The fourth-order valence-electron chi connectivity index (χ4n) is 2.05. The van der Waals surface area contributed by atoms with Crippen molar-refractivity contribution in [3.63, 3.8) is 0 Å². The lowest BCUT2D eigenvalue weighted by Gasteiger charge is -2.13. The van der Waals surface area contributed by atoms with Crippen LogP contribution in [0.5, 0.6) is 5.75 Å². The van der Waals surface area contributed by atoms with Crippen molar-refractivity contribution >= 4 is 33.6 Å². The number of hydrogen-bond donors (Lipinski definition) is 1. The monoisotopic (exact) mass is 402 g/mol. The number of rotatable bonds is 5. The van der Waals surface area contributed by atoms with E-state index in [9.17, 15) is 14.4 Å². The standard InChI is InChI=1S/C19H16BrFN2O2/c1-12(2)25-18-8-7-15(20)10-13(18)9-14(11-22)19(24)23-17-6-4-3-5-16(17)21/h3-10,12H,1-2H3,(H,23,24)/b14-9+. The van der Waals surface area contributed by atoms with E-state index in [1.54, 1.807) is 24.3 Å². The van der Waals surface area contributed by atoms with Crippen molar-refractivity contribution in [1.82, 2.24) is 0 Å². The zero-order valence-corrected chi connectivity index (χ0v) is 15.3. The number of nitrogens with zero attached hydrogens (tertiary/aromatic N) is 1. The number of carbonyl (C=O) groups excluding carboxylic acids is 1. The summed E-state index contributed by atoms with van der Waals surface area (Å²) in [7, 11) is 0. The number of carbonyl (C=O) groups is 1. The SMILES string of the molecule is CC(C)Oc1ccc(Br)cc1/C=C(\C#N)C(=O)Nc1ccccc1F. The van der Waals surface area contributed by atoms with Crippen LogP contribution in [-0.4, -0.2) is 12.0 Å². The summed E-state index contributed by atoms with van der Waals surface area (Å²) in [5, 5.41) is 11.7. The minimum Gasteiger partial charge on any atom is -0.490 e. The summed E-state index contributed by atoms with van der Waals surface area (Å²) in [6.07, 6.45) is 1.35. The molecule has 1 amide bonds. The smallest absolute Gasteiger partial charge is 0.266 e. The van der Waals surface area contributed by atoms with Crippen LogP contribution in [0.25, 0.3) is 6.08 Å². The first-order valence-electron chi connectivity index (χ1n) is 7.54. The van der Waals surface area contributed by atoms with E-state index < -0.39 is 11.7 Å². The second kappa shape index (κ2) is 8.45. The van der Waals surface area contributed by atoms with Gasteiger partial charge in [-0.25, -0.2) is 4.39 Å². The van der Waals surface area contributed by atoms with Gasteiger partial charge in [0.2, 0.25) is 0 Å². The molecular formula is C19H16BrFN2O2. The summed E-state index contributed by atoms with van der Waals surface area (Å²) in [6.45, 7) is 3.76. The van der Waals surface area contributed by atoms with Crippen molar-refractivity contribution in [2.24, 2.45) is 0 Å². The second-order valence-corrected chi connectivity index (χ2v) is 6.37. The Bertz CT molecular complexity index is 857. The molecule has 0 radical (unpaired) electrons. The molecule has 25 heavy (non-hydrogen) atoms. The maximum absolute atomic E-state index is 13.7. The number of hydrogen-bond acceptors (Lipinski definition) is 3. The lowest BCUT2D eigenvalue weighted by Crippen LogP contribution is -2.14. The minimum absolute atomic E-state index is 0.0153. The van der Waals surface area contributed by atoms with Gasteiger partial charge in [0.25, 0.3) is 5.91 Å². The molecule has 128 valence electrons. The number of nitrogens with one attached hydrogen (secondary N) is 1. The maximum atomic E-state index is 13.7. The molecule has 0 saturated carbocycles. The number of para-hydroxylation sites is 1. The van der Waals surface area contributed by atoms with Gasteiger partial charge in [-0.1, -0.05) is 28.1 Å². The molecular weight excluding hydrogens is 387 g/mol. The molecule has 0 bridgehead atoms. The van der Waals surface area contributed by atoms with E-state index in [-0.39, 0.29) is 17.4 Å². The van der Waals surface area contributed by atoms with Gasteiger partial charge < -0.3 is 10.1 Å². The number of anilines is 1. The molecule has 4 nitrogen and oxygen atoms in total. The Balaban J connectivity index is 2.34. The highest BCUT2D eigenvalue weighted by Gasteiger charge is 2.14. The lowest BCUT2D eigenvalue weighted by molar-refractivity contribution is -0.112. The third-order valence-electron chi connectivity index (χ3n) is 3.12. The number of nitriles is 1. The summed E-state index contributed by atoms with van der Waals surface area (Å²) < 4.78 is 20.1. The number of ether oxygens (including phenoxy) is 1. The largest absolute Gasteiger partial charge is 0.490 e. The van der Waals surface area contributed by atoms with E-state index in [1.165, 1.54) is 24.3 Å². The van der Waals surface area contributed by atoms with E-state index in [0.29, 0.717) is 11.3 Å². The molecule has 2 rings (SSSR count). The van der Waals surface area contributed by atoms with Gasteiger partial charge in [0, 0.05) is 10.0 Å². The van der Waals surface area contributed by atoms with Crippen LogP contribution in [-0.2, 0) is 4.79 Å². The van der Waals surface area contributed by atoms with Gasteiger partial charge in [-0.05, 0) is 50.3 Å². The molecule has 0 spiro atoms. The first-order valence-corrected chi connectivity index (χ1v) is 8.34. The van der Waals surface area contributed by atoms with Gasteiger partial charge >= 0.3 is 0 Å². The molecule has 0 fully saturated rings. The molecule has 0 aliphatic rings. The first kappa shape index (κ1) is 18.7. The van der Waals surface area contributed by atoms with Crippen LogP contribution in [0.3, 0.4) is 0 Å². The Labute approximate surface area is 154 Å². The molecule has 0 unspecified atom stereocenters. The van der Waals surface area contributed by atoms with Crippen LogP contribution >= 0.6 is 15.9 Å². The Hall–Kier alpha value is -2.65. The third kappa shape index (κ3) is 5.16. The number of benzene rings is 2. The molecule has 0 saturated heterocycles. The van der Waals surface area contributed by atoms with Crippen molar-refractivity contribution < 1.29 is 13.9 Å². The predicted octanol–water partition coefficient (Wildman–Crippen LogP) is 4.92. The van der Waals surface area contributed by atoms with Gasteiger partial charge in [0.1, 0.15) is 23.2 Å². The molecule has 2 aromatic carbocycles. The van der Waals surface area contributed by atoms with Crippen LogP contribution in [0.1, 0.15) is 19.4 Å². The second-order valence-electron chi connectivity index (χ2n) is 5.45.